The number of ether oxygens (including phenoxy) is 1. The highest BCUT2D eigenvalue weighted by Gasteiger charge is 2.18. The van der Waals surface area contributed by atoms with Crippen molar-refractivity contribution in [1.82, 2.24) is 10.2 Å². The first-order chi connectivity index (χ1) is 6.24. The molecule has 76 valence electrons. The van der Waals surface area contributed by atoms with Crippen molar-refractivity contribution in [2.24, 2.45) is 0 Å². The van der Waals surface area contributed by atoms with Crippen LogP contribution in [-0.4, -0.2) is 50.8 Å². The standard InChI is InChI=1S/C10H20N2O/c1-9(6-11-3)7-12-4-5-13-8-10(12)2/h10-11H,1,4-8H2,2-3H3. The summed E-state index contributed by atoms with van der Waals surface area (Å²) in [6.45, 7) is 10.9. The minimum atomic E-state index is 0.530. The van der Waals surface area contributed by atoms with Gasteiger partial charge in [0.2, 0.25) is 0 Å². The summed E-state index contributed by atoms with van der Waals surface area (Å²) >= 11 is 0. The van der Waals surface area contributed by atoms with Crippen molar-refractivity contribution < 1.29 is 4.74 Å². The van der Waals surface area contributed by atoms with E-state index in [0.717, 1.165) is 32.8 Å². The maximum atomic E-state index is 5.37. The quantitative estimate of drug-likeness (QED) is 0.643. The minimum absolute atomic E-state index is 0.530. The van der Waals surface area contributed by atoms with E-state index in [-0.39, 0.29) is 0 Å². The molecule has 1 fully saturated rings. The van der Waals surface area contributed by atoms with Gasteiger partial charge in [0.05, 0.1) is 13.2 Å². The van der Waals surface area contributed by atoms with Gasteiger partial charge in [-0.15, -0.1) is 0 Å². The molecule has 0 radical (unpaired) electrons. The van der Waals surface area contributed by atoms with Crippen LogP contribution in [0.5, 0.6) is 0 Å². The zero-order valence-corrected chi connectivity index (χ0v) is 8.68. The van der Waals surface area contributed by atoms with Gasteiger partial charge in [-0.05, 0) is 19.5 Å². The van der Waals surface area contributed by atoms with Crippen LogP contribution in [-0.2, 0) is 4.74 Å². The molecule has 1 atom stereocenters. The van der Waals surface area contributed by atoms with Crippen LogP contribution in [0.15, 0.2) is 12.2 Å². The van der Waals surface area contributed by atoms with Crippen LogP contribution in [0.1, 0.15) is 6.92 Å². The van der Waals surface area contributed by atoms with E-state index < -0.39 is 0 Å². The van der Waals surface area contributed by atoms with Crippen LogP contribution in [0, 0.1) is 0 Å². The topological polar surface area (TPSA) is 24.5 Å². The molecule has 0 bridgehead atoms. The lowest BCUT2D eigenvalue weighted by Crippen LogP contribution is -2.44. The minimum Gasteiger partial charge on any atom is -0.379 e. The predicted molar refractivity (Wildman–Crippen MR) is 54.9 cm³/mol. The van der Waals surface area contributed by atoms with Gasteiger partial charge in [0.25, 0.3) is 0 Å². The number of morpholine rings is 1. The summed E-state index contributed by atoms with van der Waals surface area (Å²) in [5.41, 5.74) is 1.25. The van der Waals surface area contributed by atoms with Gasteiger partial charge in [-0.25, -0.2) is 0 Å². The first-order valence-electron chi connectivity index (χ1n) is 4.87. The molecular weight excluding hydrogens is 164 g/mol. The monoisotopic (exact) mass is 184 g/mol. The van der Waals surface area contributed by atoms with Crippen LogP contribution in [0.25, 0.3) is 0 Å². The molecule has 0 saturated carbocycles. The summed E-state index contributed by atoms with van der Waals surface area (Å²) in [5, 5.41) is 3.11. The molecule has 1 unspecified atom stereocenters. The molecule has 1 aliphatic heterocycles. The van der Waals surface area contributed by atoms with Gasteiger partial charge in [0, 0.05) is 25.7 Å². The van der Waals surface area contributed by atoms with Gasteiger partial charge >= 0.3 is 0 Å². The number of hydrogen-bond acceptors (Lipinski definition) is 3. The second-order valence-corrected chi connectivity index (χ2v) is 3.67. The molecule has 0 amide bonds. The first kappa shape index (κ1) is 10.7. The molecule has 1 saturated heterocycles. The van der Waals surface area contributed by atoms with Crippen molar-refractivity contribution in [2.75, 3.05) is 39.9 Å². The smallest absolute Gasteiger partial charge is 0.0619 e. The van der Waals surface area contributed by atoms with E-state index in [1.54, 1.807) is 0 Å². The van der Waals surface area contributed by atoms with Gasteiger partial charge in [0.1, 0.15) is 0 Å². The Hall–Kier alpha value is -0.380. The molecule has 1 N–H and O–H groups in total. The van der Waals surface area contributed by atoms with Crippen molar-refractivity contribution >= 4 is 0 Å². The predicted octanol–water partition coefficient (Wildman–Crippen LogP) is 0.483. The highest BCUT2D eigenvalue weighted by Crippen LogP contribution is 2.07. The van der Waals surface area contributed by atoms with E-state index in [4.69, 9.17) is 4.74 Å². The molecule has 1 rings (SSSR count). The Morgan fingerprint density at radius 3 is 3.08 bits per heavy atom. The molecule has 0 aromatic rings. The zero-order chi connectivity index (χ0) is 9.68. The van der Waals surface area contributed by atoms with Crippen molar-refractivity contribution in [2.45, 2.75) is 13.0 Å². The molecular formula is C10H20N2O. The Labute approximate surface area is 80.8 Å². The van der Waals surface area contributed by atoms with E-state index in [1.165, 1.54) is 5.57 Å². The molecule has 3 heteroatoms. The molecule has 1 heterocycles. The van der Waals surface area contributed by atoms with E-state index in [9.17, 15) is 0 Å². The number of likely N-dealkylation sites (N-methyl/N-ethyl adjacent to an activating group) is 1. The fourth-order valence-electron chi connectivity index (χ4n) is 1.59. The van der Waals surface area contributed by atoms with Gasteiger partial charge in [0.15, 0.2) is 0 Å². The molecule has 3 nitrogen and oxygen atoms in total. The van der Waals surface area contributed by atoms with Crippen LogP contribution >= 0.6 is 0 Å². The van der Waals surface area contributed by atoms with Gasteiger partial charge in [-0.3, -0.25) is 4.90 Å². The molecule has 0 aromatic carbocycles. The third-order valence-corrected chi connectivity index (χ3v) is 2.36. The third-order valence-electron chi connectivity index (χ3n) is 2.36. The highest BCUT2D eigenvalue weighted by molar-refractivity contribution is 5.00. The average molecular weight is 184 g/mol. The number of rotatable bonds is 4. The summed E-state index contributed by atoms with van der Waals surface area (Å²) < 4.78 is 5.37. The second-order valence-electron chi connectivity index (χ2n) is 3.67. The molecule has 0 spiro atoms. The molecule has 1 aliphatic rings. The van der Waals surface area contributed by atoms with Crippen molar-refractivity contribution in [3.63, 3.8) is 0 Å². The summed E-state index contributed by atoms with van der Waals surface area (Å²) in [6, 6.07) is 0.530. The maximum Gasteiger partial charge on any atom is 0.0619 e. The van der Waals surface area contributed by atoms with Crippen LogP contribution < -0.4 is 5.32 Å². The van der Waals surface area contributed by atoms with Crippen molar-refractivity contribution in [3.05, 3.63) is 12.2 Å². The number of nitrogens with one attached hydrogen (secondary N) is 1. The van der Waals surface area contributed by atoms with E-state index in [0.29, 0.717) is 6.04 Å². The SMILES string of the molecule is C=C(CNC)CN1CCOCC1C. The molecule has 13 heavy (non-hydrogen) atoms. The lowest BCUT2D eigenvalue weighted by Gasteiger charge is -2.33. The van der Waals surface area contributed by atoms with E-state index in [1.807, 2.05) is 7.05 Å². The summed E-state index contributed by atoms with van der Waals surface area (Å²) in [4.78, 5) is 2.42. The Kier molecular flexibility index (Phi) is 4.42. The maximum absolute atomic E-state index is 5.37. The average Bonchev–Trinajstić information content (AvgIpc) is 2.09. The van der Waals surface area contributed by atoms with E-state index in [2.05, 4.69) is 23.7 Å². The number of nitrogens with zero attached hydrogens (tertiary/aromatic N) is 1. The number of hydrogen-bond donors (Lipinski definition) is 1. The lowest BCUT2D eigenvalue weighted by molar-refractivity contribution is 0.00423. The second kappa shape index (κ2) is 5.37. The van der Waals surface area contributed by atoms with E-state index >= 15 is 0 Å². The summed E-state index contributed by atoms with van der Waals surface area (Å²) in [5.74, 6) is 0. The Balaban J connectivity index is 2.29. The largest absolute Gasteiger partial charge is 0.379 e. The van der Waals surface area contributed by atoms with Crippen LogP contribution in [0.3, 0.4) is 0 Å². The summed E-state index contributed by atoms with van der Waals surface area (Å²) in [6.07, 6.45) is 0. The van der Waals surface area contributed by atoms with Gasteiger partial charge < -0.3 is 10.1 Å². The lowest BCUT2D eigenvalue weighted by atomic mass is 10.2. The van der Waals surface area contributed by atoms with Crippen LogP contribution in [0.2, 0.25) is 0 Å². The van der Waals surface area contributed by atoms with Crippen LogP contribution in [0.4, 0.5) is 0 Å². The van der Waals surface area contributed by atoms with Crippen molar-refractivity contribution in [1.29, 1.82) is 0 Å². The zero-order valence-electron chi connectivity index (χ0n) is 8.68. The highest BCUT2D eigenvalue weighted by atomic mass is 16.5. The fraction of sp³-hybridized carbons (Fsp3) is 0.800. The van der Waals surface area contributed by atoms with Gasteiger partial charge in [-0.1, -0.05) is 6.58 Å². The molecule has 0 aliphatic carbocycles. The Bertz CT molecular complexity index is 170. The summed E-state index contributed by atoms with van der Waals surface area (Å²) in [7, 11) is 1.95. The molecule has 0 aromatic heterocycles. The van der Waals surface area contributed by atoms with Crippen molar-refractivity contribution in [3.8, 4) is 0 Å². The third kappa shape index (κ3) is 3.46. The van der Waals surface area contributed by atoms with Gasteiger partial charge in [-0.2, -0.15) is 0 Å². The normalized spacial score (nSPS) is 24.6. The Morgan fingerprint density at radius 1 is 1.69 bits per heavy atom. The first-order valence-corrected chi connectivity index (χ1v) is 4.87. The Morgan fingerprint density at radius 2 is 2.46 bits per heavy atom. The fourth-order valence-corrected chi connectivity index (χ4v) is 1.59.